The number of nitro benzene ring substituents is 1. The van der Waals surface area contributed by atoms with Crippen LogP contribution in [0.25, 0.3) is 0 Å². The van der Waals surface area contributed by atoms with E-state index in [1.807, 2.05) is 6.92 Å². The first kappa shape index (κ1) is 16.0. The zero-order valence-corrected chi connectivity index (χ0v) is 13.3. The normalized spacial score (nSPS) is 16.9. The number of hydrogen-bond acceptors (Lipinski definition) is 4. The molecule has 0 bridgehead atoms. The fourth-order valence-electron chi connectivity index (χ4n) is 2.80. The summed E-state index contributed by atoms with van der Waals surface area (Å²) in [6.45, 7) is 7.44. The molecule has 0 amide bonds. The van der Waals surface area contributed by atoms with Crippen LogP contribution in [0.5, 0.6) is 0 Å². The fourth-order valence-corrected chi connectivity index (χ4v) is 3.03. The minimum Gasteiger partial charge on any atom is -0.382 e. The van der Waals surface area contributed by atoms with E-state index in [1.165, 1.54) is 12.5 Å². The molecule has 0 aliphatic carbocycles. The first-order chi connectivity index (χ1) is 10.0. The topological polar surface area (TPSA) is 58.4 Å². The first-order valence-electron chi connectivity index (χ1n) is 7.44. The van der Waals surface area contributed by atoms with Gasteiger partial charge in [-0.2, -0.15) is 0 Å². The summed E-state index contributed by atoms with van der Waals surface area (Å²) in [5.41, 5.74) is 1.74. The van der Waals surface area contributed by atoms with Gasteiger partial charge < -0.3 is 10.2 Å². The van der Waals surface area contributed by atoms with Crippen LogP contribution in [-0.4, -0.2) is 35.5 Å². The van der Waals surface area contributed by atoms with Crippen LogP contribution in [-0.2, 0) is 0 Å². The van der Waals surface area contributed by atoms with Crippen LogP contribution in [0.15, 0.2) is 12.1 Å². The van der Waals surface area contributed by atoms with Gasteiger partial charge in [-0.1, -0.05) is 18.5 Å². The van der Waals surface area contributed by atoms with E-state index in [2.05, 4.69) is 17.1 Å². The molecule has 1 aromatic carbocycles. The number of hydrogen-bond donors (Lipinski definition) is 1. The minimum atomic E-state index is -0.442. The molecule has 116 valence electrons. The molecule has 21 heavy (non-hydrogen) atoms. The lowest BCUT2D eigenvalue weighted by Gasteiger charge is -2.33. The lowest BCUT2D eigenvalue weighted by Crippen LogP contribution is -2.39. The van der Waals surface area contributed by atoms with Crippen molar-refractivity contribution in [2.75, 3.05) is 25.0 Å². The Hall–Kier alpha value is -1.33. The maximum atomic E-state index is 10.9. The Morgan fingerprint density at radius 3 is 2.67 bits per heavy atom. The average molecular weight is 312 g/mol. The van der Waals surface area contributed by atoms with Crippen LogP contribution in [0.1, 0.15) is 31.7 Å². The van der Waals surface area contributed by atoms with Crippen molar-refractivity contribution in [1.82, 2.24) is 4.90 Å². The van der Waals surface area contributed by atoms with Gasteiger partial charge in [0.15, 0.2) is 0 Å². The number of benzene rings is 1. The van der Waals surface area contributed by atoms with Crippen LogP contribution >= 0.6 is 11.6 Å². The molecule has 0 radical (unpaired) electrons. The lowest BCUT2D eigenvalue weighted by molar-refractivity contribution is -0.384. The zero-order chi connectivity index (χ0) is 15.4. The van der Waals surface area contributed by atoms with Gasteiger partial charge >= 0.3 is 0 Å². The molecule has 0 aromatic heterocycles. The third kappa shape index (κ3) is 4.08. The molecular formula is C15H22ClN3O2. The van der Waals surface area contributed by atoms with Crippen LogP contribution in [0.4, 0.5) is 11.4 Å². The van der Waals surface area contributed by atoms with Crippen molar-refractivity contribution in [3.8, 4) is 0 Å². The van der Waals surface area contributed by atoms with Crippen molar-refractivity contribution < 1.29 is 4.92 Å². The molecule has 2 rings (SSSR count). The predicted octanol–water partition coefficient (Wildman–Crippen LogP) is 3.84. The Bertz CT molecular complexity index is 514. The van der Waals surface area contributed by atoms with Gasteiger partial charge in [-0.3, -0.25) is 10.1 Å². The Balaban J connectivity index is 2.01. The molecular weight excluding hydrogens is 290 g/mol. The summed E-state index contributed by atoms with van der Waals surface area (Å²) < 4.78 is 0. The number of anilines is 1. The molecule has 1 aromatic rings. The number of nitro groups is 1. The monoisotopic (exact) mass is 311 g/mol. The smallest absolute Gasteiger partial charge is 0.288 e. The SMILES string of the molecule is CCCN1CCC(Nc2cc(Cl)c([N+](=O)[O-])cc2C)CC1. The second-order valence-corrected chi connectivity index (χ2v) is 6.04. The molecule has 1 fully saturated rings. The van der Waals surface area contributed by atoms with E-state index in [-0.39, 0.29) is 10.7 Å². The third-order valence-electron chi connectivity index (χ3n) is 3.98. The van der Waals surface area contributed by atoms with E-state index in [4.69, 9.17) is 11.6 Å². The van der Waals surface area contributed by atoms with Crippen LogP contribution in [0.2, 0.25) is 5.02 Å². The van der Waals surface area contributed by atoms with Gasteiger partial charge in [0, 0.05) is 30.9 Å². The summed E-state index contributed by atoms with van der Waals surface area (Å²) >= 11 is 5.99. The minimum absolute atomic E-state index is 0.0301. The van der Waals surface area contributed by atoms with Crippen molar-refractivity contribution in [3.05, 3.63) is 32.8 Å². The van der Waals surface area contributed by atoms with Gasteiger partial charge in [-0.15, -0.1) is 0 Å². The highest BCUT2D eigenvalue weighted by Gasteiger charge is 2.20. The molecule has 1 aliphatic heterocycles. The number of nitrogens with one attached hydrogen (secondary N) is 1. The van der Waals surface area contributed by atoms with Crippen molar-refractivity contribution in [2.24, 2.45) is 0 Å². The predicted molar refractivity (Wildman–Crippen MR) is 86.2 cm³/mol. The standard InChI is InChI=1S/C15H22ClN3O2/c1-3-6-18-7-4-12(5-8-18)17-14-10-13(16)15(19(20)21)9-11(14)2/h9-10,12,17H,3-8H2,1-2H3. The Labute approximate surface area is 130 Å². The Morgan fingerprint density at radius 2 is 2.10 bits per heavy atom. The highest BCUT2D eigenvalue weighted by molar-refractivity contribution is 6.33. The molecule has 0 atom stereocenters. The van der Waals surface area contributed by atoms with Gasteiger partial charge in [0.05, 0.1) is 4.92 Å². The molecule has 5 nitrogen and oxygen atoms in total. The van der Waals surface area contributed by atoms with Crippen molar-refractivity contribution in [1.29, 1.82) is 0 Å². The summed E-state index contributed by atoms with van der Waals surface area (Å²) in [6, 6.07) is 3.62. The van der Waals surface area contributed by atoms with Crippen LogP contribution in [0, 0.1) is 17.0 Å². The maximum Gasteiger partial charge on any atom is 0.288 e. The molecule has 1 heterocycles. The van der Waals surface area contributed by atoms with Crippen molar-refractivity contribution in [3.63, 3.8) is 0 Å². The van der Waals surface area contributed by atoms with Gasteiger partial charge in [0.25, 0.3) is 5.69 Å². The summed E-state index contributed by atoms with van der Waals surface area (Å²) in [4.78, 5) is 12.9. The van der Waals surface area contributed by atoms with Crippen LogP contribution in [0.3, 0.4) is 0 Å². The Kier molecular flexibility index (Phi) is 5.42. The van der Waals surface area contributed by atoms with E-state index in [0.717, 1.165) is 43.7 Å². The maximum absolute atomic E-state index is 10.9. The molecule has 6 heteroatoms. The van der Waals surface area contributed by atoms with E-state index in [9.17, 15) is 10.1 Å². The van der Waals surface area contributed by atoms with E-state index < -0.39 is 4.92 Å². The van der Waals surface area contributed by atoms with Crippen LogP contribution < -0.4 is 5.32 Å². The highest BCUT2D eigenvalue weighted by atomic mass is 35.5. The first-order valence-corrected chi connectivity index (χ1v) is 7.82. The van der Waals surface area contributed by atoms with Crippen molar-refractivity contribution in [2.45, 2.75) is 39.2 Å². The number of likely N-dealkylation sites (tertiary alicyclic amines) is 1. The number of aryl methyl sites for hydroxylation is 1. The van der Waals surface area contributed by atoms with Gasteiger partial charge in [0.2, 0.25) is 0 Å². The van der Waals surface area contributed by atoms with Gasteiger partial charge in [0.1, 0.15) is 5.02 Å². The zero-order valence-electron chi connectivity index (χ0n) is 12.6. The molecule has 0 unspecified atom stereocenters. The van der Waals surface area contributed by atoms with E-state index in [0.29, 0.717) is 6.04 Å². The molecule has 1 saturated heterocycles. The Morgan fingerprint density at radius 1 is 1.43 bits per heavy atom. The average Bonchev–Trinajstić information content (AvgIpc) is 2.44. The quantitative estimate of drug-likeness (QED) is 0.663. The molecule has 0 spiro atoms. The van der Waals surface area contributed by atoms with Crippen molar-refractivity contribution >= 4 is 23.0 Å². The molecule has 0 saturated carbocycles. The second-order valence-electron chi connectivity index (χ2n) is 5.64. The number of piperidine rings is 1. The summed E-state index contributed by atoms with van der Waals surface area (Å²) in [5.74, 6) is 0. The van der Waals surface area contributed by atoms with E-state index >= 15 is 0 Å². The summed E-state index contributed by atoms with van der Waals surface area (Å²) in [5, 5.41) is 14.5. The number of rotatable bonds is 5. The van der Waals surface area contributed by atoms with Gasteiger partial charge in [-0.25, -0.2) is 0 Å². The third-order valence-corrected chi connectivity index (χ3v) is 4.28. The fraction of sp³-hybridized carbons (Fsp3) is 0.600. The second kappa shape index (κ2) is 7.09. The summed E-state index contributed by atoms with van der Waals surface area (Å²) in [6.07, 6.45) is 3.37. The largest absolute Gasteiger partial charge is 0.382 e. The molecule has 1 N–H and O–H groups in total. The summed E-state index contributed by atoms with van der Waals surface area (Å²) in [7, 11) is 0. The number of nitrogens with zero attached hydrogens (tertiary/aromatic N) is 2. The van der Waals surface area contributed by atoms with Gasteiger partial charge in [-0.05, 0) is 44.4 Å². The number of halogens is 1. The highest BCUT2D eigenvalue weighted by Crippen LogP contribution is 2.31. The molecule has 1 aliphatic rings. The lowest BCUT2D eigenvalue weighted by atomic mass is 10.0. The van der Waals surface area contributed by atoms with E-state index in [1.54, 1.807) is 6.07 Å².